The normalized spacial score (nSPS) is 5.50. The number of ether oxygens (including phenoxy) is 1. The monoisotopic (exact) mass is 138 g/mol. The van der Waals surface area contributed by atoms with Gasteiger partial charge in [0, 0.05) is 19.5 Å². The maximum Gasteiger partial charge on any atom is 0.293 e. The van der Waals surface area contributed by atoms with Crippen LogP contribution in [-0.4, -0.2) is 13.1 Å². The van der Waals surface area contributed by atoms with Gasteiger partial charge in [-0.15, -0.1) is 0 Å². The van der Waals surface area contributed by atoms with Crippen molar-refractivity contribution in [2.24, 2.45) is 0 Å². The number of hydrogen-bond acceptors (Lipinski definition) is 2. The summed E-state index contributed by atoms with van der Waals surface area (Å²) in [7, 11) is 0. The molecule has 2 nitrogen and oxygen atoms in total. The van der Waals surface area contributed by atoms with Crippen LogP contribution in [0.2, 0.25) is 0 Å². The molecule has 0 unspecified atom stereocenters. The van der Waals surface area contributed by atoms with Gasteiger partial charge in [-0.05, 0) is 6.92 Å². The number of carbonyl (C=O) groups is 1. The number of hydrogen-bond donors (Lipinski definition) is 0. The van der Waals surface area contributed by atoms with Gasteiger partial charge < -0.3 is 4.74 Å². The molecule has 0 bridgehead atoms. The zero-order valence-electron chi connectivity index (χ0n) is 3.81. The second-order valence-electron chi connectivity index (χ2n) is 0.552. The summed E-state index contributed by atoms with van der Waals surface area (Å²) in [6.45, 7) is 2.66. The van der Waals surface area contributed by atoms with Crippen LogP contribution in [0.3, 0.4) is 0 Å². The Kier molecular flexibility index (Phi) is 14.0. The van der Waals surface area contributed by atoms with E-state index in [4.69, 9.17) is 0 Å². The Morgan fingerprint density at radius 1 is 1.83 bits per heavy atom. The minimum atomic E-state index is 0. The number of rotatable bonds is 2. The van der Waals surface area contributed by atoms with Crippen LogP contribution < -0.4 is 0 Å². The van der Waals surface area contributed by atoms with Crippen LogP contribution in [0.25, 0.3) is 0 Å². The van der Waals surface area contributed by atoms with E-state index < -0.39 is 0 Å². The summed E-state index contributed by atoms with van der Waals surface area (Å²) in [4.78, 5) is 9.18. The van der Waals surface area contributed by atoms with Crippen LogP contribution >= 0.6 is 0 Å². The Labute approximate surface area is 49.6 Å². The van der Waals surface area contributed by atoms with Gasteiger partial charge in [0.2, 0.25) is 0 Å². The zero-order valence-corrected chi connectivity index (χ0v) is 6.78. The van der Waals surface area contributed by atoms with Crippen molar-refractivity contribution >= 4 is 6.47 Å². The van der Waals surface area contributed by atoms with Gasteiger partial charge in [-0.1, -0.05) is 0 Å². The van der Waals surface area contributed by atoms with E-state index in [0.29, 0.717) is 13.1 Å². The maximum atomic E-state index is 9.18. The second-order valence-corrected chi connectivity index (χ2v) is 0.552. The molecule has 0 N–H and O–H groups in total. The van der Waals surface area contributed by atoms with Crippen LogP contribution in [0.5, 0.6) is 0 Å². The first-order valence-electron chi connectivity index (χ1n) is 1.47. The van der Waals surface area contributed by atoms with Gasteiger partial charge in [-0.2, -0.15) is 0 Å². The molecule has 0 aromatic heterocycles. The molecule has 0 aliphatic heterocycles. The molecule has 32 valence electrons. The summed E-state index contributed by atoms with van der Waals surface area (Å²) in [6, 6.07) is 0. The van der Waals surface area contributed by atoms with Crippen LogP contribution in [0, 0.1) is 0 Å². The molecule has 0 fully saturated rings. The first-order valence-corrected chi connectivity index (χ1v) is 1.47. The molecule has 0 aliphatic rings. The van der Waals surface area contributed by atoms with Crippen LogP contribution in [0.15, 0.2) is 0 Å². The van der Waals surface area contributed by atoms with Crippen molar-refractivity contribution < 1.29 is 29.0 Å². The van der Waals surface area contributed by atoms with Gasteiger partial charge in [0.1, 0.15) is 0 Å². The van der Waals surface area contributed by atoms with Gasteiger partial charge in [-0.3, -0.25) is 4.79 Å². The average Bonchev–Trinajstić information content (AvgIpc) is 1.41. The predicted octanol–water partition coefficient (Wildman–Crippen LogP) is 0.177. The van der Waals surface area contributed by atoms with E-state index in [2.05, 4.69) is 4.74 Å². The fourth-order valence-corrected chi connectivity index (χ4v) is 0.0680. The third kappa shape index (κ3) is 8.94. The van der Waals surface area contributed by atoms with Crippen molar-refractivity contribution in [1.29, 1.82) is 0 Å². The Balaban J connectivity index is 0. The van der Waals surface area contributed by atoms with Gasteiger partial charge in [0.05, 0.1) is 6.61 Å². The van der Waals surface area contributed by atoms with E-state index in [1.54, 1.807) is 6.92 Å². The van der Waals surface area contributed by atoms with Gasteiger partial charge in [0.15, 0.2) is 0 Å². The molecule has 0 amide bonds. The van der Waals surface area contributed by atoms with Crippen LogP contribution in [-0.2, 0) is 29.0 Å². The van der Waals surface area contributed by atoms with Crippen molar-refractivity contribution in [2.45, 2.75) is 6.92 Å². The van der Waals surface area contributed by atoms with E-state index in [9.17, 15) is 4.79 Å². The van der Waals surface area contributed by atoms with Crippen molar-refractivity contribution in [3.05, 3.63) is 0 Å². The molecule has 0 aliphatic carbocycles. The quantitative estimate of drug-likeness (QED) is 0.403. The zero-order chi connectivity index (χ0) is 4.12. The molecular formula is C3H6O2Zn. The molecule has 0 rings (SSSR count). The molecule has 0 radical (unpaired) electrons. The van der Waals surface area contributed by atoms with Crippen LogP contribution in [0.4, 0.5) is 0 Å². The predicted molar refractivity (Wildman–Crippen MR) is 17.7 cm³/mol. The van der Waals surface area contributed by atoms with E-state index in [1.807, 2.05) is 0 Å². The molecule has 0 atom stereocenters. The largest absolute Gasteiger partial charge is 0.468 e. The molecule has 0 aromatic rings. The minimum absolute atomic E-state index is 0. The second kappa shape index (κ2) is 8.92. The van der Waals surface area contributed by atoms with Crippen molar-refractivity contribution in [2.75, 3.05) is 6.61 Å². The Bertz CT molecular complexity index is 30.0. The third-order valence-electron chi connectivity index (χ3n) is 0.235. The Hall–Kier alpha value is 0.0934. The summed E-state index contributed by atoms with van der Waals surface area (Å²) in [5.41, 5.74) is 0. The van der Waals surface area contributed by atoms with Gasteiger partial charge >= 0.3 is 0 Å². The molecular weight excluding hydrogens is 133 g/mol. The van der Waals surface area contributed by atoms with E-state index in [1.165, 1.54) is 0 Å². The Morgan fingerprint density at radius 3 is 2.33 bits per heavy atom. The minimum Gasteiger partial charge on any atom is -0.468 e. The van der Waals surface area contributed by atoms with Gasteiger partial charge in [0.25, 0.3) is 6.47 Å². The molecule has 0 aromatic carbocycles. The van der Waals surface area contributed by atoms with E-state index in [0.717, 1.165) is 0 Å². The van der Waals surface area contributed by atoms with E-state index >= 15 is 0 Å². The average molecular weight is 139 g/mol. The SMILES string of the molecule is CCOC=O.[Zn]. The summed E-state index contributed by atoms with van der Waals surface area (Å²) < 4.78 is 4.15. The summed E-state index contributed by atoms with van der Waals surface area (Å²) in [6.07, 6.45) is 0. The first kappa shape index (κ1) is 9.43. The molecule has 0 heterocycles. The topological polar surface area (TPSA) is 26.3 Å². The smallest absolute Gasteiger partial charge is 0.293 e. The molecule has 0 saturated carbocycles. The molecule has 6 heavy (non-hydrogen) atoms. The number of carbonyl (C=O) groups excluding carboxylic acids is 1. The van der Waals surface area contributed by atoms with Gasteiger partial charge in [-0.25, -0.2) is 0 Å². The third-order valence-corrected chi connectivity index (χ3v) is 0.235. The maximum absolute atomic E-state index is 9.18. The van der Waals surface area contributed by atoms with E-state index in [-0.39, 0.29) is 19.5 Å². The molecule has 0 saturated heterocycles. The molecule has 0 spiro atoms. The Morgan fingerprint density at radius 2 is 2.33 bits per heavy atom. The fourth-order valence-electron chi connectivity index (χ4n) is 0.0680. The van der Waals surface area contributed by atoms with Crippen LogP contribution in [0.1, 0.15) is 6.92 Å². The first-order chi connectivity index (χ1) is 2.41. The fraction of sp³-hybridized carbons (Fsp3) is 0.667. The standard InChI is InChI=1S/C3H6O2.Zn/c1-2-5-3-4;/h3H,2H2,1H3;. The molecule has 3 heteroatoms. The summed E-state index contributed by atoms with van der Waals surface area (Å²) in [5, 5.41) is 0. The van der Waals surface area contributed by atoms with Crippen molar-refractivity contribution in [3.8, 4) is 0 Å². The summed E-state index contributed by atoms with van der Waals surface area (Å²) in [5.74, 6) is 0. The van der Waals surface area contributed by atoms with Crippen molar-refractivity contribution in [3.63, 3.8) is 0 Å². The van der Waals surface area contributed by atoms with Crippen molar-refractivity contribution in [1.82, 2.24) is 0 Å². The summed E-state index contributed by atoms with van der Waals surface area (Å²) >= 11 is 0.